The Balaban J connectivity index is 2.15. The van der Waals surface area contributed by atoms with Crippen LogP contribution in [-0.2, 0) is 12.5 Å². The van der Waals surface area contributed by atoms with Crippen LogP contribution < -0.4 is 9.47 Å². The zero-order valence-corrected chi connectivity index (χ0v) is 11.9. The van der Waals surface area contributed by atoms with E-state index in [9.17, 15) is 13.2 Å². The Morgan fingerprint density at radius 3 is 2.10 bits per heavy atom. The Hall–Kier alpha value is -1.88. The fourth-order valence-electron chi connectivity index (χ4n) is 1.78. The van der Waals surface area contributed by atoms with Gasteiger partial charge in [0, 0.05) is 5.88 Å². The van der Waals surface area contributed by atoms with Crippen molar-refractivity contribution < 1.29 is 22.6 Å². The molecule has 0 bridgehead atoms. The molecular weight excluding hydrogens is 305 g/mol. The molecule has 0 aromatic heterocycles. The molecule has 0 N–H and O–H groups in total. The zero-order valence-electron chi connectivity index (χ0n) is 11.1. The van der Waals surface area contributed by atoms with Gasteiger partial charge in [-0.3, -0.25) is 0 Å². The lowest BCUT2D eigenvalue weighted by molar-refractivity contribution is 0.273. The van der Waals surface area contributed by atoms with Crippen LogP contribution in [0, 0.1) is 17.5 Å². The maximum atomic E-state index is 13.7. The predicted octanol–water partition coefficient (Wildman–Crippen LogP) is 4.43. The van der Waals surface area contributed by atoms with E-state index in [1.807, 2.05) is 0 Å². The van der Waals surface area contributed by atoms with Crippen LogP contribution in [-0.4, -0.2) is 7.11 Å². The molecule has 0 fully saturated rings. The topological polar surface area (TPSA) is 18.5 Å². The molecule has 2 nitrogen and oxygen atoms in total. The zero-order chi connectivity index (χ0) is 15.4. The molecule has 0 saturated carbocycles. The Morgan fingerprint density at radius 1 is 0.952 bits per heavy atom. The third kappa shape index (κ3) is 3.61. The van der Waals surface area contributed by atoms with E-state index in [1.165, 1.54) is 19.2 Å². The van der Waals surface area contributed by atoms with E-state index in [-0.39, 0.29) is 18.2 Å². The first-order chi connectivity index (χ1) is 10.0. The first kappa shape index (κ1) is 15.5. The SMILES string of the molecule is COc1ccc(COc2c(F)cc(CCl)cc2F)cc1F. The molecule has 21 heavy (non-hydrogen) atoms. The van der Waals surface area contributed by atoms with Gasteiger partial charge in [-0.2, -0.15) is 0 Å². The van der Waals surface area contributed by atoms with Crippen molar-refractivity contribution >= 4 is 11.6 Å². The molecular formula is C15H12ClF3O2. The van der Waals surface area contributed by atoms with Crippen molar-refractivity contribution in [2.24, 2.45) is 0 Å². The average Bonchev–Trinajstić information content (AvgIpc) is 2.46. The van der Waals surface area contributed by atoms with Gasteiger partial charge < -0.3 is 9.47 Å². The minimum atomic E-state index is -0.848. The predicted molar refractivity (Wildman–Crippen MR) is 73.2 cm³/mol. The van der Waals surface area contributed by atoms with E-state index in [1.54, 1.807) is 6.07 Å². The summed E-state index contributed by atoms with van der Waals surface area (Å²) in [7, 11) is 1.35. The smallest absolute Gasteiger partial charge is 0.191 e. The van der Waals surface area contributed by atoms with Crippen LogP contribution in [0.25, 0.3) is 0 Å². The van der Waals surface area contributed by atoms with Crippen molar-refractivity contribution in [1.29, 1.82) is 0 Å². The molecule has 0 radical (unpaired) electrons. The molecule has 2 aromatic carbocycles. The molecule has 2 aromatic rings. The van der Waals surface area contributed by atoms with E-state index in [0.717, 1.165) is 12.1 Å². The van der Waals surface area contributed by atoms with Gasteiger partial charge in [0.05, 0.1) is 7.11 Å². The van der Waals surface area contributed by atoms with Crippen LogP contribution in [0.5, 0.6) is 11.5 Å². The second-order valence-corrected chi connectivity index (χ2v) is 4.55. The maximum absolute atomic E-state index is 13.7. The largest absolute Gasteiger partial charge is 0.494 e. The number of rotatable bonds is 5. The highest BCUT2D eigenvalue weighted by molar-refractivity contribution is 6.17. The molecule has 0 unspecified atom stereocenters. The number of hydrogen-bond donors (Lipinski definition) is 0. The van der Waals surface area contributed by atoms with E-state index in [0.29, 0.717) is 11.1 Å². The first-order valence-corrected chi connectivity index (χ1v) is 6.57. The number of hydrogen-bond acceptors (Lipinski definition) is 2. The third-order valence-electron chi connectivity index (χ3n) is 2.81. The Bertz CT molecular complexity index is 624. The lowest BCUT2D eigenvalue weighted by Gasteiger charge is -2.10. The van der Waals surface area contributed by atoms with Crippen molar-refractivity contribution in [3.63, 3.8) is 0 Å². The fourth-order valence-corrected chi connectivity index (χ4v) is 1.94. The van der Waals surface area contributed by atoms with Crippen LogP contribution in [0.1, 0.15) is 11.1 Å². The third-order valence-corrected chi connectivity index (χ3v) is 3.12. The molecule has 0 aliphatic rings. The standard InChI is InChI=1S/C15H12ClF3O2/c1-20-14-3-2-9(4-11(14)17)8-21-15-12(18)5-10(7-16)6-13(15)19/h2-6H,7-8H2,1H3. The molecule has 6 heteroatoms. The second-order valence-electron chi connectivity index (χ2n) is 4.28. The molecule has 0 aliphatic carbocycles. The molecule has 0 spiro atoms. The van der Waals surface area contributed by atoms with E-state index in [2.05, 4.69) is 0 Å². The monoisotopic (exact) mass is 316 g/mol. The molecule has 0 heterocycles. The first-order valence-electron chi connectivity index (χ1n) is 6.04. The summed E-state index contributed by atoms with van der Waals surface area (Å²) in [5.41, 5.74) is 0.739. The van der Waals surface area contributed by atoms with Crippen LogP contribution in [0.15, 0.2) is 30.3 Å². The highest BCUT2D eigenvalue weighted by Gasteiger charge is 2.13. The molecule has 0 saturated heterocycles. The molecule has 0 aliphatic heterocycles. The number of methoxy groups -OCH3 is 1. The second kappa shape index (κ2) is 6.72. The van der Waals surface area contributed by atoms with Gasteiger partial charge in [-0.05, 0) is 35.4 Å². The summed E-state index contributed by atoms with van der Waals surface area (Å²) in [4.78, 5) is 0. The van der Waals surface area contributed by atoms with Gasteiger partial charge in [0.25, 0.3) is 0 Å². The Kier molecular flexibility index (Phi) is 4.96. The van der Waals surface area contributed by atoms with Crippen molar-refractivity contribution in [3.8, 4) is 11.5 Å². The number of ether oxygens (including phenoxy) is 2. The van der Waals surface area contributed by atoms with Gasteiger partial charge in [0.1, 0.15) is 6.61 Å². The van der Waals surface area contributed by atoms with Gasteiger partial charge >= 0.3 is 0 Å². The summed E-state index contributed by atoms with van der Waals surface area (Å²) in [6, 6.07) is 6.34. The van der Waals surface area contributed by atoms with Crippen molar-refractivity contribution in [1.82, 2.24) is 0 Å². The van der Waals surface area contributed by atoms with Gasteiger partial charge in [0.15, 0.2) is 29.0 Å². The van der Waals surface area contributed by atoms with Crippen molar-refractivity contribution in [2.75, 3.05) is 7.11 Å². The lowest BCUT2D eigenvalue weighted by Crippen LogP contribution is -2.01. The fraction of sp³-hybridized carbons (Fsp3) is 0.200. The van der Waals surface area contributed by atoms with E-state index < -0.39 is 23.2 Å². The summed E-state index contributed by atoms with van der Waals surface area (Å²) in [5, 5.41) is 0. The summed E-state index contributed by atoms with van der Waals surface area (Å²) in [6.45, 7) is -0.172. The maximum Gasteiger partial charge on any atom is 0.191 e. The number of benzene rings is 2. The van der Waals surface area contributed by atoms with Crippen LogP contribution in [0.2, 0.25) is 0 Å². The molecule has 0 atom stereocenters. The number of halogens is 4. The van der Waals surface area contributed by atoms with E-state index >= 15 is 0 Å². The number of alkyl halides is 1. The van der Waals surface area contributed by atoms with E-state index in [4.69, 9.17) is 21.1 Å². The normalized spacial score (nSPS) is 10.5. The van der Waals surface area contributed by atoms with Crippen LogP contribution >= 0.6 is 11.6 Å². The van der Waals surface area contributed by atoms with Gasteiger partial charge in [-0.15, -0.1) is 11.6 Å². The Morgan fingerprint density at radius 2 is 1.57 bits per heavy atom. The highest BCUT2D eigenvalue weighted by atomic mass is 35.5. The summed E-state index contributed by atoms with van der Waals surface area (Å²) < 4.78 is 50.7. The van der Waals surface area contributed by atoms with Gasteiger partial charge in [0.2, 0.25) is 0 Å². The van der Waals surface area contributed by atoms with Gasteiger partial charge in [-0.25, -0.2) is 13.2 Å². The van der Waals surface area contributed by atoms with Crippen molar-refractivity contribution in [2.45, 2.75) is 12.5 Å². The van der Waals surface area contributed by atoms with Crippen LogP contribution in [0.4, 0.5) is 13.2 Å². The molecule has 2 rings (SSSR count). The summed E-state index contributed by atoms with van der Waals surface area (Å²) in [5.74, 6) is -2.70. The lowest BCUT2D eigenvalue weighted by atomic mass is 10.2. The summed E-state index contributed by atoms with van der Waals surface area (Å²) >= 11 is 5.51. The summed E-state index contributed by atoms with van der Waals surface area (Å²) in [6.07, 6.45) is 0. The minimum Gasteiger partial charge on any atom is -0.494 e. The highest BCUT2D eigenvalue weighted by Crippen LogP contribution is 2.26. The Labute approximate surface area is 125 Å². The minimum absolute atomic E-state index is 0.00217. The van der Waals surface area contributed by atoms with Gasteiger partial charge in [-0.1, -0.05) is 6.07 Å². The van der Waals surface area contributed by atoms with Crippen molar-refractivity contribution in [3.05, 3.63) is 58.9 Å². The average molecular weight is 317 g/mol. The molecule has 0 amide bonds. The quantitative estimate of drug-likeness (QED) is 0.760. The van der Waals surface area contributed by atoms with Crippen LogP contribution in [0.3, 0.4) is 0 Å². The molecule has 112 valence electrons.